The van der Waals surface area contributed by atoms with Crippen LogP contribution < -0.4 is 10.1 Å². The Hall–Kier alpha value is -2.98. The molecule has 0 unspecified atom stereocenters. The lowest BCUT2D eigenvalue weighted by atomic mass is 10.3. The molecule has 2 heterocycles. The van der Waals surface area contributed by atoms with E-state index in [2.05, 4.69) is 25.8 Å². The Balaban J connectivity index is 1.41. The third kappa shape index (κ3) is 3.91. The van der Waals surface area contributed by atoms with Crippen molar-refractivity contribution in [1.82, 2.24) is 25.2 Å². The first-order valence-electron chi connectivity index (χ1n) is 7.94. The van der Waals surface area contributed by atoms with Gasteiger partial charge in [-0.1, -0.05) is 35.2 Å². The van der Waals surface area contributed by atoms with Crippen LogP contribution in [0.1, 0.15) is 0 Å². The normalized spacial score (nSPS) is 10.9. The summed E-state index contributed by atoms with van der Waals surface area (Å²) in [7, 11) is 1.61. The van der Waals surface area contributed by atoms with Gasteiger partial charge in [-0.2, -0.15) is 4.68 Å². The number of hydrogen-bond acceptors (Lipinski definition) is 8. The van der Waals surface area contributed by atoms with Crippen LogP contribution in [-0.4, -0.2) is 44.0 Å². The monoisotopic (exact) mass is 398 g/mol. The lowest BCUT2D eigenvalue weighted by Gasteiger charge is -2.05. The quantitative estimate of drug-likeness (QED) is 0.499. The fraction of sp³-hybridized carbons (Fsp3) is 0.118. The van der Waals surface area contributed by atoms with Crippen molar-refractivity contribution < 1.29 is 9.53 Å². The van der Waals surface area contributed by atoms with Crippen molar-refractivity contribution in [3.05, 3.63) is 48.5 Å². The first-order chi connectivity index (χ1) is 13.2. The van der Waals surface area contributed by atoms with Crippen molar-refractivity contribution in [2.24, 2.45) is 0 Å². The standard InChI is InChI=1S/C17H14N6O2S2/c1-25-12-8-6-11(7-9-12)23-17(20-21-22-23)26-10-15(24)19-16-18-13-4-2-3-5-14(13)27-16/h2-9H,10H2,1H3,(H,18,19,24). The molecule has 1 amide bonds. The number of amides is 1. The molecule has 0 fully saturated rings. The van der Waals surface area contributed by atoms with Crippen LogP contribution in [0, 0.1) is 0 Å². The number of aromatic nitrogens is 5. The number of rotatable bonds is 6. The first kappa shape index (κ1) is 17.4. The summed E-state index contributed by atoms with van der Waals surface area (Å²) in [6, 6.07) is 15.1. The molecule has 2 aromatic heterocycles. The number of nitrogens with one attached hydrogen (secondary N) is 1. The number of thioether (sulfide) groups is 1. The summed E-state index contributed by atoms with van der Waals surface area (Å²) in [4.78, 5) is 16.7. The van der Waals surface area contributed by atoms with Gasteiger partial charge in [0.25, 0.3) is 0 Å². The van der Waals surface area contributed by atoms with Gasteiger partial charge in [-0.15, -0.1) is 5.10 Å². The number of thiazole rings is 1. The Morgan fingerprint density at radius 2 is 2.04 bits per heavy atom. The van der Waals surface area contributed by atoms with E-state index in [0.29, 0.717) is 10.3 Å². The molecule has 0 aliphatic heterocycles. The smallest absolute Gasteiger partial charge is 0.236 e. The topological polar surface area (TPSA) is 94.8 Å². The molecular formula is C17H14N6O2S2. The molecule has 1 N–H and O–H groups in total. The molecule has 0 atom stereocenters. The van der Waals surface area contributed by atoms with Crippen LogP contribution in [-0.2, 0) is 4.79 Å². The van der Waals surface area contributed by atoms with E-state index in [-0.39, 0.29) is 11.7 Å². The molecule has 4 aromatic rings. The van der Waals surface area contributed by atoms with Gasteiger partial charge in [-0.25, -0.2) is 4.98 Å². The molecule has 0 saturated heterocycles. The molecule has 27 heavy (non-hydrogen) atoms. The molecule has 136 valence electrons. The molecular weight excluding hydrogens is 384 g/mol. The molecule has 0 bridgehead atoms. The van der Waals surface area contributed by atoms with E-state index in [0.717, 1.165) is 21.7 Å². The van der Waals surface area contributed by atoms with Crippen LogP contribution in [0.3, 0.4) is 0 Å². The number of hydrogen-bond donors (Lipinski definition) is 1. The summed E-state index contributed by atoms with van der Waals surface area (Å²) in [5.74, 6) is 0.756. The second-order valence-corrected chi connectivity index (χ2v) is 7.37. The van der Waals surface area contributed by atoms with Crippen molar-refractivity contribution in [1.29, 1.82) is 0 Å². The predicted octanol–water partition coefficient (Wildman–Crippen LogP) is 3.01. The molecule has 10 heteroatoms. The van der Waals surface area contributed by atoms with Gasteiger partial charge < -0.3 is 10.1 Å². The van der Waals surface area contributed by atoms with Crippen LogP contribution in [0.5, 0.6) is 5.75 Å². The summed E-state index contributed by atoms with van der Waals surface area (Å²) < 4.78 is 7.76. The van der Waals surface area contributed by atoms with Gasteiger partial charge in [-0.3, -0.25) is 4.79 Å². The number of anilines is 1. The number of para-hydroxylation sites is 1. The van der Waals surface area contributed by atoms with Crippen molar-refractivity contribution >= 4 is 44.4 Å². The summed E-state index contributed by atoms with van der Waals surface area (Å²) >= 11 is 2.70. The van der Waals surface area contributed by atoms with Gasteiger partial charge >= 0.3 is 0 Å². The third-order valence-corrected chi connectivity index (χ3v) is 5.50. The summed E-state index contributed by atoms with van der Waals surface area (Å²) in [6.45, 7) is 0. The fourth-order valence-corrected chi connectivity index (χ4v) is 3.94. The molecule has 8 nitrogen and oxygen atoms in total. The van der Waals surface area contributed by atoms with E-state index in [1.807, 2.05) is 48.5 Å². The van der Waals surface area contributed by atoms with E-state index in [1.165, 1.54) is 23.1 Å². The van der Waals surface area contributed by atoms with Crippen LogP contribution in [0.15, 0.2) is 53.7 Å². The second kappa shape index (κ2) is 7.72. The number of ether oxygens (including phenoxy) is 1. The highest BCUT2D eigenvalue weighted by Gasteiger charge is 2.13. The number of benzene rings is 2. The Labute approximate surface area is 162 Å². The van der Waals surface area contributed by atoms with E-state index in [9.17, 15) is 4.79 Å². The second-order valence-electron chi connectivity index (χ2n) is 5.39. The number of tetrazole rings is 1. The minimum absolute atomic E-state index is 0.164. The molecule has 0 saturated carbocycles. The lowest BCUT2D eigenvalue weighted by molar-refractivity contribution is -0.113. The number of carbonyl (C=O) groups excluding carboxylic acids is 1. The number of carbonyl (C=O) groups is 1. The minimum atomic E-state index is -0.164. The zero-order valence-corrected chi connectivity index (χ0v) is 15.8. The summed E-state index contributed by atoms with van der Waals surface area (Å²) in [6.07, 6.45) is 0. The summed E-state index contributed by atoms with van der Waals surface area (Å²) in [5.41, 5.74) is 1.66. The lowest BCUT2D eigenvalue weighted by Crippen LogP contribution is -2.14. The van der Waals surface area contributed by atoms with Gasteiger partial charge in [-0.05, 0) is 46.8 Å². The van der Waals surface area contributed by atoms with Gasteiger partial charge in [0.15, 0.2) is 5.13 Å². The van der Waals surface area contributed by atoms with Crippen LogP contribution in [0.4, 0.5) is 5.13 Å². The van der Waals surface area contributed by atoms with Crippen LogP contribution in [0.2, 0.25) is 0 Å². The fourth-order valence-electron chi connectivity index (χ4n) is 2.37. The first-order valence-corrected chi connectivity index (χ1v) is 9.74. The molecule has 0 radical (unpaired) electrons. The average Bonchev–Trinajstić information content (AvgIpc) is 3.32. The van der Waals surface area contributed by atoms with Gasteiger partial charge in [0.2, 0.25) is 11.1 Å². The maximum atomic E-state index is 12.3. The Morgan fingerprint density at radius 3 is 2.81 bits per heavy atom. The Kier molecular flexibility index (Phi) is 4.99. The average molecular weight is 398 g/mol. The van der Waals surface area contributed by atoms with Gasteiger partial charge in [0, 0.05) is 0 Å². The molecule has 2 aromatic carbocycles. The molecule has 4 rings (SSSR count). The van der Waals surface area contributed by atoms with Crippen molar-refractivity contribution in [3.63, 3.8) is 0 Å². The summed E-state index contributed by atoms with van der Waals surface area (Å²) in [5, 5.41) is 15.6. The molecule has 0 aliphatic carbocycles. The third-order valence-electron chi connectivity index (χ3n) is 3.63. The van der Waals surface area contributed by atoms with Crippen molar-refractivity contribution in [2.75, 3.05) is 18.2 Å². The number of nitrogens with zero attached hydrogens (tertiary/aromatic N) is 5. The van der Waals surface area contributed by atoms with Gasteiger partial charge in [0.05, 0.1) is 28.8 Å². The van der Waals surface area contributed by atoms with Crippen LogP contribution in [0.25, 0.3) is 15.9 Å². The molecule has 0 spiro atoms. The maximum absolute atomic E-state index is 12.3. The Bertz CT molecular complexity index is 1040. The van der Waals surface area contributed by atoms with E-state index >= 15 is 0 Å². The zero-order chi connectivity index (χ0) is 18.6. The highest BCUT2D eigenvalue weighted by molar-refractivity contribution is 7.99. The highest BCUT2D eigenvalue weighted by atomic mass is 32.2. The largest absolute Gasteiger partial charge is 0.497 e. The van der Waals surface area contributed by atoms with Gasteiger partial charge in [0.1, 0.15) is 5.75 Å². The Morgan fingerprint density at radius 1 is 1.22 bits per heavy atom. The SMILES string of the molecule is COc1ccc(-n2nnnc2SCC(=O)Nc2nc3ccccc3s2)cc1. The molecule has 0 aliphatic rings. The number of fused-ring (bicyclic) bond motifs is 1. The zero-order valence-electron chi connectivity index (χ0n) is 14.2. The minimum Gasteiger partial charge on any atom is -0.497 e. The van der Waals surface area contributed by atoms with E-state index < -0.39 is 0 Å². The van der Waals surface area contributed by atoms with E-state index in [1.54, 1.807) is 11.8 Å². The number of methoxy groups -OCH3 is 1. The van der Waals surface area contributed by atoms with Crippen molar-refractivity contribution in [3.8, 4) is 11.4 Å². The van der Waals surface area contributed by atoms with Crippen LogP contribution >= 0.6 is 23.1 Å². The highest BCUT2D eigenvalue weighted by Crippen LogP contribution is 2.26. The van der Waals surface area contributed by atoms with Crippen molar-refractivity contribution in [2.45, 2.75) is 5.16 Å². The van der Waals surface area contributed by atoms with E-state index in [4.69, 9.17) is 4.74 Å². The predicted molar refractivity (Wildman–Crippen MR) is 105 cm³/mol. The maximum Gasteiger partial charge on any atom is 0.236 e.